The SMILES string of the molecule is COc1ccc2nc(Nc3ccc(-c4ccc(C(=O)CC(C)(C)C(=O)O)cc4)cc3)oc2c1. The average Bonchev–Trinajstić information content (AvgIpc) is 3.20. The number of nitrogens with zero attached hydrogens (tertiary/aromatic N) is 1. The summed E-state index contributed by atoms with van der Waals surface area (Å²) in [6, 6.07) is 20.8. The van der Waals surface area contributed by atoms with E-state index in [4.69, 9.17) is 9.15 Å². The number of benzene rings is 3. The third-order valence-corrected chi connectivity index (χ3v) is 5.45. The molecule has 0 spiro atoms. The van der Waals surface area contributed by atoms with Crippen LogP contribution in [0.5, 0.6) is 5.75 Å². The van der Waals surface area contributed by atoms with Crippen molar-refractivity contribution in [2.24, 2.45) is 5.41 Å². The first kappa shape index (κ1) is 22.1. The summed E-state index contributed by atoms with van der Waals surface area (Å²) in [7, 11) is 1.60. The molecule has 2 N–H and O–H groups in total. The summed E-state index contributed by atoms with van der Waals surface area (Å²) in [5, 5.41) is 12.4. The Morgan fingerprint density at radius 1 is 1.00 bits per heavy atom. The number of hydrogen-bond acceptors (Lipinski definition) is 6. The van der Waals surface area contributed by atoms with Crippen LogP contribution in [0.2, 0.25) is 0 Å². The summed E-state index contributed by atoms with van der Waals surface area (Å²) in [5.41, 5.74) is 3.52. The minimum Gasteiger partial charge on any atom is -0.497 e. The molecule has 0 amide bonds. The number of aliphatic carboxylic acids is 1. The maximum Gasteiger partial charge on any atom is 0.309 e. The van der Waals surface area contributed by atoms with Gasteiger partial charge in [-0.2, -0.15) is 4.98 Å². The van der Waals surface area contributed by atoms with E-state index < -0.39 is 11.4 Å². The van der Waals surface area contributed by atoms with E-state index >= 15 is 0 Å². The Labute approximate surface area is 191 Å². The number of ketones is 1. The lowest BCUT2D eigenvalue weighted by Crippen LogP contribution is -2.26. The van der Waals surface area contributed by atoms with Gasteiger partial charge in [0.25, 0.3) is 6.01 Å². The number of anilines is 2. The van der Waals surface area contributed by atoms with E-state index in [1.54, 1.807) is 39.2 Å². The van der Waals surface area contributed by atoms with E-state index in [0.29, 0.717) is 22.9 Å². The molecule has 7 heteroatoms. The molecule has 0 unspecified atom stereocenters. The minimum absolute atomic E-state index is 0.0509. The molecule has 0 aliphatic heterocycles. The third kappa shape index (κ3) is 4.87. The summed E-state index contributed by atoms with van der Waals surface area (Å²) in [5.74, 6) is -0.476. The Balaban J connectivity index is 1.45. The van der Waals surface area contributed by atoms with Crippen LogP contribution < -0.4 is 10.1 Å². The number of aromatic nitrogens is 1. The van der Waals surface area contributed by atoms with Crippen molar-refractivity contribution in [3.05, 3.63) is 72.3 Å². The largest absolute Gasteiger partial charge is 0.497 e. The predicted molar refractivity (Wildman–Crippen MR) is 126 cm³/mol. The molecule has 33 heavy (non-hydrogen) atoms. The zero-order valence-electron chi connectivity index (χ0n) is 18.6. The number of methoxy groups -OCH3 is 1. The molecule has 0 saturated carbocycles. The Kier molecular flexibility index (Phi) is 5.87. The molecule has 0 aliphatic carbocycles. The number of fused-ring (bicyclic) bond motifs is 1. The van der Waals surface area contributed by atoms with E-state index in [1.807, 2.05) is 48.5 Å². The van der Waals surface area contributed by atoms with Gasteiger partial charge < -0.3 is 19.6 Å². The number of carboxylic acid groups (broad SMARTS) is 1. The maximum atomic E-state index is 12.4. The Bertz CT molecular complexity index is 1310. The molecule has 168 valence electrons. The number of nitrogens with one attached hydrogen (secondary N) is 1. The highest BCUT2D eigenvalue weighted by atomic mass is 16.5. The lowest BCUT2D eigenvalue weighted by Gasteiger charge is -2.17. The first-order valence-corrected chi connectivity index (χ1v) is 10.4. The highest BCUT2D eigenvalue weighted by Crippen LogP contribution is 2.28. The maximum absolute atomic E-state index is 12.4. The van der Waals surface area contributed by atoms with E-state index in [0.717, 1.165) is 22.3 Å². The van der Waals surface area contributed by atoms with Crippen molar-refractivity contribution in [1.82, 2.24) is 4.98 Å². The molecule has 0 radical (unpaired) electrons. The summed E-state index contributed by atoms with van der Waals surface area (Å²) < 4.78 is 10.9. The number of carbonyl (C=O) groups is 2. The second-order valence-corrected chi connectivity index (χ2v) is 8.42. The molecular formula is C26H24N2O5. The first-order valence-electron chi connectivity index (χ1n) is 10.4. The fourth-order valence-corrected chi connectivity index (χ4v) is 3.38. The van der Waals surface area contributed by atoms with Crippen molar-refractivity contribution < 1.29 is 23.8 Å². The number of rotatable bonds is 8. The molecular weight excluding hydrogens is 420 g/mol. The lowest BCUT2D eigenvalue weighted by atomic mass is 9.85. The standard InChI is InChI=1S/C26H24N2O5/c1-26(2,24(30)31)15-22(29)18-6-4-16(5-7-18)17-8-10-19(11-9-17)27-25-28-21-13-12-20(32-3)14-23(21)33-25/h4-14H,15H2,1-3H3,(H,27,28)(H,30,31). The monoisotopic (exact) mass is 444 g/mol. The topological polar surface area (TPSA) is 102 Å². The van der Waals surface area contributed by atoms with Crippen LogP contribution in [0.1, 0.15) is 30.6 Å². The molecule has 7 nitrogen and oxygen atoms in total. The van der Waals surface area contributed by atoms with Gasteiger partial charge in [0.2, 0.25) is 0 Å². The fourth-order valence-electron chi connectivity index (χ4n) is 3.38. The number of carbonyl (C=O) groups excluding carboxylic acids is 1. The molecule has 0 fully saturated rings. The normalized spacial score (nSPS) is 11.4. The number of ether oxygens (including phenoxy) is 1. The molecule has 1 heterocycles. The zero-order chi connectivity index (χ0) is 23.6. The molecule has 0 aliphatic rings. The Morgan fingerprint density at radius 3 is 2.24 bits per heavy atom. The number of hydrogen-bond donors (Lipinski definition) is 2. The second-order valence-electron chi connectivity index (χ2n) is 8.42. The van der Waals surface area contributed by atoms with Crippen LogP contribution in [-0.2, 0) is 4.79 Å². The quantitative estimate of drug-likeness (QED) is 0.325. The molecule has 0 bridgehead atoms. The number of Topliss-reactive ketones (excluding diaryl/α,β-unsaturated/α-hetero) is 1. The van der Waals surface area contributed by atoms with Crippen molar-refractivity contribution in [2.75, 3.05) is 12.4 Å². The molecule has 3 aromatic carbocycles. The highest BCUT2D eigenvalue weighted by Gasteiger charge is 2.30. The van der Waals surface area contributed by atoms with Gasteiger partial charge in [-0.25, -0.2) is 0 Å². The van der Waals surface area contributed by atoms with Crippen molar-refractivity contribution in [3.8, 4) is 16.9 Å². The second kappa shape index (κ2) is 8.78. The van der Waals surface area contributed by atoms with Crippen LogP contribution in [0.15, 0.2) is 71.1 Å². The molecule has 0 atom stereocenters. The van der Waals surface area contributed by atoms with Gasteiger partial charge in [-0.1, -0.05) is 36.4 Å². The first-order chi connectivity index (χ1) is 15.7. The van der Waals surface area contributed by atoms with Gasteiger partial charge in [0, 0.05) is 23.7 Å². The van der Waals surface area contributed by atoms with Gasteiger partial charge in [0.15, 0.2) is 11.4 Å². The number of oxazole rings is 1. The van der Waals surface area contributed by atoms with Crippen molar-refractivity contribution >= 4 is 34.6 Å². The molecule has 0 saturated heterocycles. The summed E-state index contributed by atoms with van der Waals surface area (Å²) >= 11 is 0. The van der Waals surface area contributed by atoms with Crippen molar-refractivity contribution in [1.29, 1.82) is 0 Å². The van der Waals surface area contributed by atoms with Gasteiger partial charge in [-0.3, -0.25) is 9.59 Å². The van der Waals surface area contributed by atoms with Gasteiger partial charge in [-0.05, 0) is 49.2 Å². The minimum atomic E-state index is -1.10. The predicted octanol–water partition coefficient (Wildman–Crippen LogP) is 5.93. The summed E-state index contributed by atoms with van der Waals surface area (Å²) in [6.07, 6.45) is -0.0509. The third-order valence-electron chi connectivity index (χ3n) is 5.45. The van der Waals surface area contributed by atoms with E-state index in [1.165, 1.54) is 0 Å². The van der Waals surface area contributed by atoms with E-state index in [2.05, 4.69) is 10.3 Å². The summed E-state index contributed by atoms with van der Waals surface area (Å²) in [6.45, 7) is 3.10. The van der Waals surface area contributed by atoms with E-state index in [9.17, 15) is 14.7 Å². The number of carboxylic acids is 1. The lowest BCUT2D eigenvalue weighted by molar-refractivity contribution is -0.146. The Hall–Kier alpha value is -4.13. The van der Waals surface area contributed by atoms with Crippen LogP contribution in [-0.4, -0.2) is 29.0 Å². The van der Waals surface area contributed by atoms with Gasteiger partial charge >= 0.3 is 5.97 Å². The average molecular weight is 444 g/mol. The van der Waals surface area contributed by atoms with Gasteiger partial charge in [-0.15, -0.1) is 0 Å². The van der Waals surface area contributed by atoms with Gasteiger partial charge in [0.05, 0.1) is 12.5 Å². The molecule has 1 aromatic heterocycles. The smallest absolute Gasteiger partial charge is 0.309 e. The zero-order valence-corrected chi connectivity index (χ0v) is 18.6. The van der Waals surface area contributed by atoms with Crippen LogP contribution in [0.25, 0.3) is 22.2 Å². The van der Waals surface area contributed by atoms with Crippen LogP contribution in [0.4, 0.5) is 11.7 Å². The van der Waals surface area contributed by atoms with Crippen LogP contribution in [0, 0.1) is 5.41 Å². The summed E-state index contributed by atoms with van der Waals surface area (Å²) in [4.78, 5) is 28.1. The molecule has 4 rings (SSSR count). The fraction of sp³-hybridized carbons (Fsp3) is 0.192. The Morgan fingerprint density at radius 2 is 1.64 bits per heavy atom. The van der Waals surface area contributed by atoms with Crippen LogP contribution >= 0.6 is 0 Å². The van der Waals surface area contributed by atoms with E-state index in [-0.39, 0.29) is 12.2 Å². The van der Waals surface area contributed by atoms with Crippen molar-refractivity contribution in [3.63, 3.8) is 0 Å². The van der Waals surface area contributed by atoms with Crippen LogP contribution in [0.3, 0.4) is 0 Å². The highest BCUT2D eigenvalue weighted by molar-refractivity contribution is 5.99. The van der Waals surface area contributed by atoms with Crippen molar-refractivity contribution in [2.45, 2.75) is 20.3 Å². The molecule has 4 aromatic rings. The van der Waals surface area contributed by atoms with Gasteiger partial charge in [0.1, 0.15) is 11.3 Å².